The maximum atomic E-state index is 12.7. The smallest absolute Gasteiger partial charge is 0.253 e. The second-order valence-electron chi connectivity index (χ2n) is 7.34. The van der Waals surface area contributed by atoms with E-state index in [-0.39, 0.29) is 11.9 Å². The molecule has 150 valence electrons. The molecule has 0 unspecified atom stereocenters. The summed E-state index contributed by atoms with van der Waals surface area (Å²) in [5.74, 6) is 0.666. The minimum absolute atomic E-state index is 0.110. The molecule has 0 fully saturated rings. The van der Waals surface area contributed by atoms with Crippen LogP contribution in [0, 0.1) is 6.92 Å². The van der Waals surface area contributed by atoms with E-state index in [9.17, 15) is 13.2 Å². The van der Waals surface area contributed by atoms with E-state index in [0.717, 1.165) is 11.3 Å². The number of hydrogen-bond donors (Lipinski definition) is 0. The molecule has 1 atom stereocenters. The summed E-state index contributed by atoms with van der Waals surface area (Å²) < 4.78 is 31.2. The van der Waals surface area contributed by atoms with Crippen molar-refractivity contribution in [3.05, 3.63) is 59.2 Å². The lowest BCUT2D eigenvalue weighted by Crippen LogP contribution is -2.34. The summed E-state index contributed by atoms with van der Waals surface area (Å²) >= 11 is 0. The van der Waals surface area contributed by atoms with Crippen LogP contribution in [-0.2, 0) is 16.4 Å². The lowest BCUT2D eigenvalue weighted by Gasteiger charge is -2.22. The van der Waals surface area contributed by atoms with Crippen molar-refractivity contribution in [2.75, 3.05) is 30.8 Å². The van der Waals surface area contributed by atoms with Crippen LogP contribution in [0.15, 0.2) is 42.5 Å². The molecular formula is C21H26N2O4S. The molecular weight excluding hydrogens is 376 g/mol. The molecule has 28 heavy (non-hydrogen) atoms. The van der Waals surface area contributed by atoms with Gasteiger partial charge in [0.1, 0.15) is 12.4 Å². The number of anilines is 1. The summed E-state index contributed by atoms with van der Waals surface area (Å²) in [5.41, 5.74) is 3.27. The van der Waals surface area contributed by atoms with Crippen molar-refractivity contribution < 1.29 is 17.9 Å². The predicted octanol–water partition coefficient (Wildman–Crippen LogP) is 2.86. The highest BCUT2D eigenvalue weighted by atomic mass is 32.2. The van der Waals surface area contributed by atoms with Crippen LogP contribution in [-0.4, -0.2) is 51.7 Å². The average Bonchev–Trinajstić information content (AvgIpc) is 2.97. The first-order valence-corrected chi connectivity index (χ1v) is 11.1. The third kappa shape index (κ3) is 4.30. The Morgan fingerprint density at radius 1 is 1.21 bits per heavy atom. The monoisotopic (exact) mass is 402 g/mol. The van der Waals surface area contributed by atoms with Crippen LogP contribution in [0.2, 0.25) is 0 Å². The minimum atomic E-state index is -3.33. The van der Waals surface area contributed by atoms with Crippen LogP contribution >= 0.6 is 0 Å². The second-order valence-corrected chi connectivity index (χ2v) is 9.20. The van der Waals surface area contributed by atoms with Crippen LogP contribution in [0.3, 0.4) is 0 Å². The summed E-state index contributed by atoms with van der Waals surface area (Å²) in [6, 6.07) is 12.9. The van der Waals surface area contributed by atoms with Gasteiger partial charge >= 0.3 is 0 Å². The van der Waals surface area contributed by atoms with Crippen molar-refractivity contribution in [1.82, 2.24) is 4.90 Å². The van der Waals surface area contributed by atoms with Gasteiger partial charge in [-0.3, -0.25) is 9.10 Å². The highest BCUT2D eigenvalue weighted by Crippen LogP contribution is 2.34. The third-order valence-electron chi connectivity index (χ3n) is 4.90. The van der Waals surface area contributed by atoms with Crippen molar-refractivity contribution >= 4 is 21.6 Å². The number of nitrogens with zero attached hydrogens (tertiary/aromatic N) is 2. The van der Waals surface area contributed by atoms with Crippen LogP contribution in [0.5, 0.6) is 5.75 Å². The summed E-state index contributed by atoms with van der Waals surface area (Å²) in [5, 5.41) is 0. The van der Waals surface area contributed by atoms with E-state index in [4.69, 9.17) is 4.74 Å². The molecule has 0 aromatic heterocycles. The van der Waals surface area contributed by atoms with E-state index in [1.165, 1.54) is 16.1 Å². The summed E-state index contributed by atoms with van der Waals surface area (Å²) in [6.45, 7) is 4.74. The van der Waals surface area contributed by atoms with Crippen LogP contribution < -0.4 is 9.04 Å². The predicted molar refractivity (Wildman–Crippen MR) is 111 cm³/mol. The SMILES string of the molecule is Cc1ccc(OCCN(C)C(=O)c2ccc3c(c2)C[C@H](C)N3S(C)(=O)=O)cc1. The quantitative estimate of drug-likeness (QED) is 0.745. The third-order valence-corrected chi connectivity index (χ3v) is 6.17. The Labute approximate surface area is 166 Å². The van der Waals surface area contributed by atoms with E-state index in [1.54, 1.807) is 30.1 Å². The fourth-order valence-corrected chi connectivity index (χ4v) is 4.76. The van der Waals surface area contributed by atoms with Gasteiger partial charge in [0.2, 0.25) is 10.0 Å². The molecule has 1 aliphatic heterocycles. The maximum Gasteiger partial charge on any atom is 0.253 e. The lowest BCUT2D eigenvalue weighted by atomic mass is 10.1. The van der Waals surface area contributed by atoms with E-state index in [0.29, 0.717) is 30.8 Å². The number of rotatable bonds is 6. The summed E-state index contributed by atoms with van der Waals surface area (Å²) in [6.07, 6.45) is 1.81. The number of carbonyl (C=O) groups excluding carboxylic acids is 1. The first kappa shape index (κ1) is 20.2. The zero-order valence-electron chi connectivity index (χ0n) is 16.7. The van der Waals surface area contributed by atoms with Gasteiger partial charge < -0.3 is 9.64 Å². The van der Waals surface area contributed by atoms with Gasteiger partial charge in [-0.15, -0.1) is 0 Å². The first-order chi connectivity index (χ1) is 13.2. The van der Waals surface area contributed by atoms with E-state index < -0.39 is 10.0 Å². The molecule has 0 N–H and O–H groups in total. The topological polar surface area (TPSA) is 66.9 Å². The van der Waals surface area contributed by atoms with Crippen LogP contribution in [0.25, 0.3) is 0 Å². The molecule has 2 aromatic rings. The van der Waals surface area contributed by atoms with Crippen molar-refractivity contribution in [1.29, 1.82) is 0 Å². The largest absolute Gasteiger partial charge is 0.492 e. The number of fused-ring (bicyclic) bond motifs is 1. The lowest BCUT2D eigenvalue weighted by molar-refractivity contribution is 0.0773. The molecule has 1 heterocycles. The Morgan fingerprint density at radius 2 is 1.89 bits per heavy atom. The van der Waals surface area contributed by atoms with Crippen LogP contribution in [0.1, 0.15) is 28.4 Å². The van der Waals surface area contributed by atoms with Crippen LogP contribution in [0.4, 0.5) is 5.69 Å². The van der Waals surface area contributed by atoms with E-state index in [2.05, 4.69) is 0 Å². The average molecular weight is 403 g/mol. The Kier molecular flexibility index (Phi) is 5.65. The molecule has 0 saturated heterocycles. The first-order valence-electron chi connectivity index (χ1n) is 9.24. The summed E-state index contributed by atoms with van der Waals surface area (Å²) in [4.78, 5) is 14.3. The maximum absolute atomic E-state index is 12.7. The molecule has 0 bridgehead atoms. The van der Waals surface area contributed by atoms with Gasteiger partial charge in [-0.1, -0.05) is 17.7 Å². The summed E-state index contributed by atoms with van der Waals surface area (Å²) in [7, 11) is -1.60. The number of ether oxygens (including phenoxy) is 1. The van der Waals surface area contributed by atoms with Crippen molar-refractivity contribution in [3.63, 3.8) is 0 Å². The fraction of sp³-hybridized carbons (Fsp3) is 0.381. The molecule has 6 nitrogen and oxygen atoms in total. The minimum Gasteiger partial charge on any atom is -0.492 e. The molecule has 7 heteroatoms. The molecule has 1 amide bonds. The van der Waals surface area contributed by atoms with Gasteiger partial charge in [-0.25, -0.2) is 8.42 Å². The van der Waals surface area contributed by atoms with Crippen molar-refractivity contribution in [2.45, 2.75) is 26.3 Å². The number of carbonyl (C=O) groups is 1. The number of benzene rings is 2. The molecule has 0 saturated carbocycles. The number of aryl methyl sites for hydroxylation is 1. The molecule has 2 aromatic carbocycles. The van der Waals surface area contributed by atoms with Crippen molar-refractivity contribution in [2.24, 2.45) is 0 Å². The molecule has 1 aliphatic rings. The molecule has 3 rings (SSSR count). The highest BCUT2D eigenvalue weighted by Gasteiger charge is 2.33. The molecule has 0 aliphatic carbocycles. The van der Waals surface area contributed by atoms with Gasteiger partial charge in [-0.2, -0.15) is 0 Å². The second kappa shape index (κ2) is 7.83. The normalized spacial score (nSPS) is 16.0. The standard InChI is InChI=1S/C21H26N2O4S/c1-15-5-8-19(9-6-15)27-12-11-22(3)21(24)17-7-10-20-18(14-17)13-16(2)23(20)28(4,25)26/h5-10,14,16H,11-13H2,1-4H3/t16-/m0/s1. The Morgan fingerprint density at radius 3 is 2.54 bits per heavy atom. The Hall–Kier alpha value is -2.54. The van der Waals surface area contributed by atoms with Gasteiger partial charge in [0.25, 0.3) is 5.91 Å². The van der Waals surface area contributed by atoms with Gasteiger partial charge in [0.05, 0.1) is 18.5 Å². The van der Waals surface area contributed by atoms with Gasteiger partial charge in [0.15, 0.2) is 0 Å². The van der Waals surface area contributed by atoms with E-state index in [1.807, 2.05) is 38.1 Å². The number of sulfonamides is 1. The van der Waals surface area contributed by atoms with Crippen molar-refractivity contribution in [3.8, 4) is 5.75 Å². The Bertz CT molecular complexity index is 970. The van der Waals surface area contributed by atoms with Gasteiger partial charge in [-0.05, 0) is 56.2 Å². The molecule has 0 spiro atoms. The number of hydrogen-bond acceptors (Lipinski definition) is 4. The number of amides is 1. The Balaban J connectivity index is 1.64. The van der Waals surface area contributed by atoms with E-state index >= 15 is 0 Å². The van der Waals surface area contributed by atoms with Gasteiger partial charge in [0, 0.05) is 18.7 Å². The fourth-order valence-electron chi connectivity index (χ4n) is 3.50. The number of likely N-dealkylation sites (N-methyl/N-ethyl adjacent to an activating group) is 1. The zero-order chi connectivity index (χ0) is 20.5. The molecule has 0 radical (unpaired) electrons. The highest BCUT2D eigenvalue weighted by molar-refractivity contribution is 7.92. The zero-order valence-corrected chi connectivity index (χ0v) is 17.5.